The minimum absolute atomic E-state index is 0.764. The lowest BCUT2D eigenvalue weighted by molar-refractivity contribution is 0.318. The predicted octanol–water partition coefficient (Wildman–Crippen LogP) is 3.88. The van der Waals surface area contributed by atoms with E-state index in [1.165, 1.54) is 0 Å². The van der Waals surface area contributed by atoms with E-state index >= 15 is 0 Å². The number of allylic oxidation sites excluding steroid dienone is 1. The fourth-order valence-electron chi connectivity index (χ4n) is 1.17. The Hall–Kier alpha value is -0.760. The second-order valence-corrected chi connectivity index (χ2v) is 3.72. The van der Waals surface area contributed by atoms with Crippen molar-refractivity contribution in [1.29, 1.82) is 0 Å². The molecule has 0 radical (unpaired) electrons. The van der Waals surface area contributed by atoms with Crippen LogP contribution in [0.1, 0.15) is 18.9 Å². The molecule has 0 aromatic heterocycles. The Morgan fingerprint density at radius 1 is 1.36 bits per heavy atom. The van der Waals surface area contributed by atoms with Gasteiger partial charge in [-0.2, -0.15) is 0 Å². The Labute approximate surface area is 93.9 Å². The number of halogens is 1. The molecule has 1 aromatic rings. The van der Waals surface area contributed by atoms with Crippen molar-refractivity contribution in [2.75, 3.05) is 11.9 Å². The van der Waals surface area contributed by atoms with Crippen molar-refractivity contribution in [3.05, 3.63) is 35.9 Å². The zero-order chi connectivity index (χ0) is 10.2. The third-order valence-electron chi connectivity index (χ3n) is 1.80. The summed E-state index contributed by atoms with van der Waals surface area (Å²) < 4.78 is 5.65. The molecule has 0 aliphatic carbocycles. The second kappa shape index (κ2) is 6.66. The Balaban J connectivity index is 2.64. The minimum Gasteiger partial charge on any atom is -0.493 e. The maximum Gasteiger partial charge on any atom is 0.126 e. The maximum atomic E-state index is 5.65. The van der Waals surface area contributed by atoms with Crippen LogP contribution in [0.4, 0.5) is 0 Å². The van der Waals surface area contributed by atoms with Gasteiger partial charge in [0.1, 0.15) is 5.75 Å². The van der Waals surface area contributed by atoms with Gasteiger partial charge in [0.25, 0.3) is 0 Å². The Morgan fingerprint density at radius 2 is 2.14 bits per heavy atom. The van der Waals surface area contributed by atoms with E-state index in [2.05, 4.69) is 28.1 Å². The quantitative estimate of drug-likeness (QED) is 0.573. The number of hydrogen-bond acceptors (Lipinski definition) is 1. The molecule has 0 saturated carbocycles. The van der Waals surface area contributed by atoms with Crippen molar-refractivity contribution in [2.45, 2.75) is 13.3 Å². The van der Waals surface area contributed by atoms with Gasteiger partial charge in [-0.1, -0.05) is 46.3 Å². The van der Waals surface area contributed by atoms with E-state index in [4.69, 9.17) is 4.74 Å². The zero-order valence-electron chi connectivity index (χ0n) is 8.37. The molecule has 0 spiro atoms. The van der Waals surface area contributed by atoms with Crippen molar-refractivity contribution in [3.63, 3.8) is 0 Å². The molecule has 0 amide bonds. The highest BCUT2D eigenvalue weighted by Gasteiger charge is 1.97. The highest BCUT2D eigenvalue weighted by Crippen LogP contribution is 2.19. The van der Waals surface area contributed by atoms with Crippen LogP contribution in [0.5, 0.6) is 5.75 Å². The Bertz CT molecular complexity index is 294. The van der Waals surface area contributed by atoms with Crippen LogP contribution in [0.15, 0.2) is 30.3 Å². The number of alkyl halides is 1. The number of hydrogen-bond donors (Lipinski definition) is 0. The summed E-state index contributed by atoms with van der Waals surface area (Å²) in [5, 5.41) is 0.985. The van der Waals surface area contributed by atoms with Gasteiger partial charge >= 0.3 is 0 Å². The molecule has 1 rings (SSSR count). The summed E-state index contributed by atoms with van der Waals surface area (Å²) in [4.78, 5) is 0. The molecular formula is C12H15BrO. The number of rotatable bonds is 5. The topological polar surface area (TPSA) is 9.23 Å². The number of ether oxygens (including phenoxy) is 1. The van der Waals surface area contributed by atoms with Crippen molar-refractivity contribution in [1.82, 2.24) is 0 Å². The molecule has 0 atom stereocenters. The zero-order valence-corrected chi connectivity index (χ0v) is 9.96. The van der Waals surface area contributed by atoms with Crippen molar-refractivity contribution in [3.8, 4) is 5.75 Å². The normalized spacial score (nSPS) is 10.7. The van der Waals surface area contributed by atoms with Crippen LogP contribution in [0, 0.1) is 0 Å². The van der Waals surface area contributed by atoms with E-state index in [0.717, 1.165) is 29.7 Å². The summed E-state index contributed by atoms with van der Waals surface area (Å²) >= 11 is 3.38. The standard InChI is InChI=1S/C12H15BrO/c1-2-6-11-7-3-4-8-12(11)14-10-5-9-13/h2-4,6-8H,5,9-10H2,1H3. The molecule has 0 heterocycles. The summed E-state index contributed by atoms with van der Waals surface area (Å²) in [5.41, 5.74) is 1.14. The number of para-hydroxylation sites is 1. The molecule has 0 fully saturated rings. The minimum atomic E-state index is 0.764. The first-order chi connectivity index (χ1) is 6.88. The third-order valence-corrected chi connectivity index (χ3v) is 2.36. The molecule has 0 unspecified atom stereocenters. The molecule has 0 bridgehead atoms. The summed E-state index contributed by atoms with van der Waals surface area (Å²) in [5.74, 6) is 0.964. The van der Waals surface area contributed by atoms with E-state index < -0.39 is 0 Å². The van der Waals surface area contributed by atoms with Gasteiger partial charge in [0.2, 0.25) is 0 Å². The Morgan fingerprint density at radius 3 is 2.86 bits per heavy atom. The van der Waals surface area contributed by atoms with E-state index in [9.17, 15) is 0 Å². The molecule has 14 heavy (non-hydrogen) atoms. The molecule has 0 N–H and O–H groups in total. The van der Waals surface area contributed by atoms with Gasteiger partial charge in [0.05, 0.1) is 6.61 Å². The van der Waals surface area contributed by atoms with Crippen molar-refractivity contribution < 1.29 is 4.74 Å². The molecule has 0 aliphatic rings. The first-order valence-electron chi connectivity index (χ1n) is 4.79. The smallest absolute Gasteiger partial charge is 0.126 e. The van der Waals surface area contributed by atoms with Gasteiger partial charge in [-0.3, -0.25) is 0 Å². The van der Waals surface area contributed by atoms with Crippen molar-refractivity contribution >= 4 is 22.0 Å². The molecule has 2 heteroatoms. The number of benzene rings is 1. The summed E-state index contributed by atoms with van der Waals surface area (Å²) in [6.45, 7) is 2.77. The lowest BCUT2D eigenvalue weighted by atomic mass is 10.2. The SMILES string of the molecule is CC=Cc1ccccc1OCCCBr. The molecule has 1 aromatic carbocycles. The van der Waals surface area contributed by atoms with Crippen LogP contribution in [0.2, 0.25) is 0 Å². The molecule has 1 nitrogen and oxygen atoms in total. The van der Waals surface area contributed by atoms with Gasteiger partial charge in [0.15, 0.2) is 0 Å². The van der Waals surface area contributed by atoms with E-state index in [1.54, 1.807) is 0 Å². The summed E-state index contributed by atoms with van der Waals surface area (Å²) in [6.07, 6.45) is 5.11. The summed E-state index contributed by atoms with van der Waals surface area (Å²) in [7, 11) is 0. The van der Waals surface area contributed by atoms with Crippen LogP contribution in [0.3, 0.4) is 0 Å². The molecule has 0 aliphatic heterocycles. The van der Waals surface area contributed by atoms with Gasteiger partial charge in [-0.05, 0) is 19.4 Å². The average molecular weight is 255 g/mol. The first-order valence-corrected chi connectivity index (χ1v) is 5.91. The van der Waals surface area contributed by atoms with Crippen molar-refractivity contribution in [2.24, 2.45) is 0 Å². The van der Waals surface area contributed by atoms with Gasteiger partial charge in [-0.25, -0.2) is 0 Å². The van der Waals surface area contributed by atoms with Gasteiger partial charge in [0, 0.05) is 10.9 Å². The fourth-order valence-corrected chi connectivity index (χ4v) is 1.39. The van der Waals surface area contributed by atoms with Gasteiger partial charge < -0.3 is 4.74 Å². The Kier molecular flexibility index (Phi) is 5.38. The summed E-state index contributed by atoms with van der Waals surface area (Å²) in [6, 6.07) is 8.08. The van der Waals surface area contributed by atoms with Crippen LogP contribution in [0.25, 0.3) is 6.08 Å². The van der Waals surface area contributed by atoms with Gasteiger partial charge in [-0.15, -0.1) is 0 Å². The van der Waals surface area contributed by atoms with E-state index in [0.29, 0.717) is 0 Å². The van der Waals surface area contributed by atoms with Crippen LogP contribution < -0.4 is 4.74 Å². The molecular weight excluding hydrogens is 240 g/mol. The predicted molar refractivity (Wildman–Crippen MR) is 65.1 cm³/mol. The lowest BCUT2D eigenvalue weighted by Crippen LogP contribution is -1.98. The first kappa shape index (κ1) is 11.3. The maximum absolute atomic E-state index is 5.65. The monoisotopic (exact) mass is 254 g/mol. The van der Waals surface area contributed by atoms with E-state index in [-0.39, 0.29) is 0 Å². The van der Waals surface area contributed by atoms with E-state index in [1.807, 2.05) is 31.2 Å². The second-order valence-electron chi connectivity index (χ2n) is 2.93. The largest absolute Gasteiger partial charge is 0.493 e. The lowest BCUT2D eigenvalue weighted by Gasteiger charge is -2.07. The highest BCUT2D eigenvalue weighted by molar-refractivity contribution is 9.09. The highest BCUT2D eigenvalue weighted by atomic mass is 79.9. The van der Waals surface area contributed by atoms with Crippen LogP contribution in [-0.2, 0) is 0 Å². The van der Waals surface area contributed by atoms with Crippen LogP contribution >= 0.6 is 15.9 Å². The fraction of sp³-hybridized carbons (Fsp3) is 0.333. The third kappa shape index (κ3) is 3.54. The van der Waals surface area contributed by atoms with Crippen LogP contribution in [-0.4, -0.2) is 11.9 Å². The molecule has 76 valence electrons. The average Bonchev–Trinajstić information content (AvgIpc) is 2.21. The molecule has 0 saturated heterocycles.